The zero-order valence-electron chi connectivity index (χ0n) is 11.1. The van der Waals surface area contributed by atoms with Crippen molar-refractivity contribution in [3.8, 4) is 5.75 Å². The van der Waals surface area contributed by atoms with Gasteiger partial charge in [-0.05, 0) is 32.0 Å². The molecule has 96 valence electrons. The van der Waals surface area contributed by atoms with Crippen molar-refractivity contribution in [2.24, 2.45) is 0 Å². The van der Waals surface area contributed by atoms with Gasteiger partial charge in [-0.15, -0.1) is 0 Å². The molecule has 17 heavy (non-hydrogen) atoms. The molecule has 0 unspecified atom stereocenters. The largest absolute Gasteiger partial charge is 0.490 e. The van der Waals surface area contributed by atoms with Gasteiger partial charge in [0, 0.05) is 12.6 Å². The summed E-state index contributed by atoms with van der Waals surface area (Å²) in [6.07, 6.45) is 2.36. The summed E-state index contributed by atoms with van der Waals surface area (Å²) in [6.45, 7) is 6.06. The predicted octanol–water partition coefficient (Wildman–Crippen LogP) is 2.77. The molecule has 1 aromatic carbocycles. The molecule has 0 amide bonds. The maximum Gasteiger partial charge on any atom is 0.142 e. The minimum Gasteiger partial charge on any atom is -0.490 e. The lowest BCUT2D eigenvalue weighted by Gasteiger charge is -2.25. The van der Waals surface area contributed by atoms with Crippen LogP contribution in [0.2, 0.25) is 0 Å². The maximum absolute atomic E-state index is 5.81. The molecule has 0 radical (unpaired) electrons. The van der Waals surface area contributed by atoms with Crippen molar-refractivity contribution >= 4 is 5.69 Å². The molecule has 0 spiro atoms. The second kappa shape index (κ2) is 7.17. The predicted molar refractivity (Wildman–Crippen MR) is 73.3 cm³/mol. The first-order valence-electron chi connectivity index (χ1n) is 6.36. The van der Waals surface area contributed by atoms with Crippen LogP contribution < -0.4 is 10.5 Å². The van der Waals surface area contributed by atoms with Gasteiger partial charge in [0.2, 0.25) is 0 Å². The van der Waals surface area contributed by atoms with Gasteiger partial charge in [-0.25, -0.2) is 0 Å². The van der Waals surface area contributed by atoms with Gasteiger partial charge in [0.25, 0.3) is 0 Å². The molecule has 0 saturated carbocycles. The number of hydrogen-bond donors (Lipinski definition) is 1. The summed E-state index contributed by atoms with van der Waals surface area (Å²) in [5, 5.41) is 0. The first-order chi connectivity index (χ1) is 8.19. The lowest BCUT2D eigenvalue weighted by molar-refractivity contribution is 0.184. The monoisotopic (exact) mass is 236 g/mol. The van der Waals surface area contributed by atoms with Crippen molar-refractivity contribution in [3.05, 3.63) is 24.3 Å². The fourth-order valence-electron chi connectivity index (χ4n) is 2.01. The number of rotatable bonds is 7. The Morgan fingerprint density at radius 3 is 2.47 bits per heavy atom. The van der Waals surface area contributed by atoms with E-state index in [1.807, 2.05) is 24.3 Å². The average Bonchev–Trinajstić information content (AvgIpc) is 2.33. The van der Waals surface area contributed by atoms with Crippen molar-refractivity contribution in [3.63, 3.8) is 0 Å². The van der Waals surface area contributed by atoms with Gasteiger partial charge in [0.05, 0.1) is 5.69 Å². The Bertz CT molecular complexity index is 324. The maximum atomic E-state index is 5.81. The van der Waals surface area contributed by atoms with Crippen LogP contribution in [0.1, 0.15) is 26.7 Å². The first kappa shape index (κ1) is 13.8. The normalized spacial score (nSPS) is 11.1. The molecule has 0 fully saturated rings. The van der Waals surface area contributed by atoms with Crippen LogP contribution in [-0.2, 0) is 0 Å². The van der Waals surface area contributed by atoms with Gasteiger partial charge >= 0.3 is 0 Å². The third-order valence-electron chi connectivity index (χ3n) is 3.19. The summed E-state index contributed by atoms with van der Waals surface area (Å²) >= 11 is 0. The number of nitrogens with zero attached hydrogens (tertiary/aromatic N) is 1. The van der Waals surface area contributed by atoms with Crippen LogP contribution in [0.15, 0.2) is 24.3 Å². The Labute approximate surface area is 105 Å². The van der Waals surface area contributed by atoms with Crippen LogP contribution in [0.5, 0.6) is 5.75 Å². The second-order valence-corrected chi connectivity index (χ2v) is 4.34. The fourth-order valence-corrected chi connectivity index (χ4v) is 2.01. The average molecular weight is 236 g/mol. The highest BCUT2D eigenvalue weighted by molar-refractivity contribution is 5.51. The van der Waals surface area contributed by atoms with E-state index in [2.05, 4.69) is 25.8 Å². The molecule has 0 aromatic heterocycles. The Morgan fingerprint density at radius 2 is 1.88 bits per heavy atom. The van der Waals surface area contributed by atoms with E-state index in [-0.39, 0.29) is 0 Å². The second-order valence-electron chi connectivity index (χ2n) is 4.34. The van der Waals surface area contributed by atoms with E-state index in [4.69, 9.17) is 10.5 Å². The topological polar surface area (TPSA) is 38.5 Å². The van der Waals surface area contributed by atoms with E-state index in [1.54, 1.807) is 0 Å². The third-order valence-corrected chi connectivity index (χ3v) is 3.19. The van der Waals surface area contributed by atoms with Crippen LogP contribution in [0.3, 0.4) is 0 Å². The summed E-state index contributed by atoms with van der Waals surface area (Å²) in [6, 6.07) is 8.27. The minimum atomic E-state index is 0.645. The third kappa shape index (κ3) is 4.27. The van der Waals surface area contributed by atoms with Gasteiger partial charge in [0.15, 0.2) is 0 Å². The molecule has 3 heteroatoms. The smallest absolute Gasteiger partial charge is 0.142 e. The van der Waals surface area contributed by atoms with Crippen molar-refractivity contribution in [2.75, 3.05) is 25.9 Å². The number of hydrogen-bond acceptors (Lipinski definition) is 3. The van der Waals surface area contributed by atoms with Crippen LogP contribution in [-0.4, -0.2) is 31.1 Å². The summed E-state index contributed by atoms with van der Waals surface area (Å²) in [5.41, 5.74) is 6.52. The van der Waals surface area contributed by atoms with E-state index in [9.17, 15) is 0 Å². The Kier molecular flexibility index (Phi) is 5.84. The minimum absolute atomic E-state index is 0.645. The highest BCUT2D eigenvalue weighted by Crippen LogP contribution is 2.19. The van der Waals surface area contributed by atoms with Crippen LogP contribution in [0.4, 0.5) is 5.69 Å². The van der Waals surface area contributed by atoms with Gasteiger partial charge in [0.1, 0.15) is 12.4 Å². The number of nitrogens with two attached hydrogens (primary N) is 1. The standard InChI is InChI=1S/C14H24N2O/c1-4-12(5-2)16(3)10-11-17-14-9-7-6-8-13(14)15/h6-9,12H,4-5,10-11,15H2,1-3H3. The summed E-state index contributed by atoms with van der Waals surface area (Å²) < 4.78 is 5.68. The molecule has 0 saturated heterocycles. The van der Waals surface area contributed by atoms with E-state index in [0.29, 0.717) is 18.3 Å². The summed E-state index contributed by atoms with van der Waals surface area (Å²) in [4.78, 5) is 2.35. The zero-order chi connectivity index (χ0) is 12.7. The van der Waals surface area contributed by atoms with Crippen molar-refractivity contribution in [2.45, 2.75) is 32.7 Å². The van der Waals surface area contributed by atoms with Gasteiger partial charge in [-0.3, -0.25) is 0 Å². The lowest BCUT2D eigenvalue weighted by Crippen LogP contribution is -2.34. The number of nitrogen functional groups attached to an aromatic ring is 1. The van der Waals surface area contributed by atoms with Crippen molar-refractivity contribution in [1.82, 2.24) is 4.90 Å². The molecule has 0 aliphatic heterocycles. The molecule has 0 heterocycles. The fraction of sp³-hybridized carbons (Fsp3) is 0.571. The van der Waals surface area contributed by atoms with Gasteiger partial charge in [-0.2, -0.15) is 0 Å². The van der Waals surface area contributed by atoms with Crippen molar-refractivity contribution < 1.29 is 4.74 Å². The van der Waals surface area contributed by atoms with Gasteiger partial charge in [-0.1, -0.05) is 26.0 Å². The summed E-state index contributed by atoms with van der Waals surface area (Å²) in [7, 11) is 2.15. The van der Waals surface area contributed by atoms with Crippen LogP contribution in [0, 0.1) is 0 Å². The zero-order valence-corrected chi connectivity index (χ0v) is 11.1. The van der Waals surface area contributed by atoms with E-state index in [0.717, 1.165) is 12.3 Å². The van der Waals surface area contributed by atoms with E-state index < -0.39 is 0 Å². The first-order valence-corrected chi connectivity index (χ1v) is 6.36. The molecule has 3 nitrogen and oxygen atoms in total. The number of ether oxygens (including phenoxy) is 1. The molecule has 0 aliphatic rings. The SMILES string of the molecule is CCC(CC)N(C)CCOc1ccccc1N. The Balaban J connectivity index is 2.35. The molecule has 0 bridgehead atoms. The quantitative estimate of drug-likeness (QED) is 0.740. The van der Waals surface area contributed by atoms with Gasteiger partial charge < -0.3 is 15.4 Å². The Morgan fingerprint density at radius 1 is 1.24 bits per heavy atom. The van der Waals surface area contributed by atoms with E-state index >= 15 is 0 Å². The highest BCUT2D eigenvalue weighted by atomic mass is 16.5. The van der Waals surface area contributed by atoms with Crippen molar-refractivity contribution in [1.29, 1.82) is 0 Å². The lowest BCUT2D eigenvalue weighted by atomic mass is 10.1. The molecule has 1 rings (SSSR count). The molecular weight excluding hydrogens is 212 g/mol. The molecule has 1 aromatic rings. The number of benzene rings is 1. The molecular formula is C14H24N2O. The number of para-hydroxylation sites is 2. The summed E-state index contributed by atoms with van der Waals surface area (Å²) in [5.74, 6) is 0.783. The molecule has 2 N–H and O–H groups in total. The molecule has 0 atom stereocenters. The Hall–Kier alpha value is -1.22. The number of anilines is 1. The molecule has 0 aliphatic carbocycles. The van der Waals surface area contributed by atoms with E-state index in [1.165, 1.54) is 12.8 Å². The van der Waals surface area contributed by atoms with Crippen LogP contribution >= 0.6 is 0 Å². The highest BCUT2D eigenvalue weighted by Gasteiger charge is 2.09. The number of likely N-dealkylation sites (N-methyl/N-ethyl adjacent to an activating group) is 1. The van der Waals surface area contributed by atoms with Crippen LogP contribution in [0.25, 0.3) is 0 Å².